The zero-order valence-electron chi connectivity index (χ0n) is 11.6. The van der Waals surface area contributed by atoms with Gasteiger partial charge in [-0.2, -0.15) is 4.52 Å². The lowest BCUT2D eigenvalue weighted by atomic mass is 10.1. The Balaban J connectivity index is 2.17. The molecule has 0 aliphatic carbocycles. The molecule has 0 unspecified atom stereocenters. The van der Waals surface area contributed by atoms with E-state index in [0.717, 1.165) is 33.5 Å². The van der Waals surface area contributed by atoms with E-state index in [9.17, 15) is 0 Å². The van der Waals surface area contributed by atoms with Gasteiger partial charge in [-0.15, -0.1) is 5.10 Å². The Morgan fingerprint density at radius 1 is 1.00 bits per heavy atom. The number of hydrogen-bond donors (Lipinski definition) is 0. The van der Waals surface area contributed by atoms with E-state index in [4.69, 9.17) is 28.2 Å². The van der Waals surface area contributed by atoms with Gasteiger partial charge in [-0.3, -0.25) is 0 Å². The number of hydrogen-bond acceptors (Lipinski definition) is 3. The van der Waals surface area contributed by atoms with E-state index in [1.807, 2.05) is 43.3 Å². The Morgan fingerprint density at radius 2 is 1.73 bits per heavy atom. The van der Waals surface area contributed by atoms with Crippen LogP contribution >= 0.6 is 23.2 Å². The number of benzene rings is 2. The quantitative estimate of drug-likeness (QED) is 0.514. The molecule has 0 spiro atoms. The van der Waals surface area contributed by atoms with Crippen molar-refractivity contribution in [2.24, 2.45) is 0 Å². The molecule has 0 fully saturated rings. The molecular formula is C16H10Cl2N4. The van der Waals surface area contributed by atoms with Gasteiger partial charge in [0.2, 0.25) is 0 Å². The summed E-state index contributed by atoms with van der Waals surface area (Å²) in [5.41, 5.74) is 4.14. The lowest BCUT2D eigenvalue weighted by Crippen LogP contribution is -1.97. The molecule has 22 heavy (non-hydrogen) atoms. The first-order valence-corrected chi connectivity index (χ1v) is 7.46. The minimum absolute atomic E-state index is 0.580. The topological polar surface area (TPSA) is 43.1 Å². The minimum Gasteiger partial charge on any atom is -0.226 e. The Labute approximate surface area is 136 Å². The van der Waals surface area contributed by atoms with Crippen molar-refractivity contribution in [3.63, 3.8) is 0 Å². The van der Waals surface area contributed by atoms with Gasteiger partial charge in [0.1, 0.15) is 5.69 Å². The predicted molar refractivity (Wildman–Crippen MR) is 88.5 cm³/mol. The van der Waals surface area contributed by atoms with Crippen molar-refractivity contribution in [1.29, 1.82) is 0 Å². The number of nitrogens with zero attached hydrogens (tertiary/aromatic N) is 4. The van der Waals surface area contributed by atoms with Crippen molar-refractivity contribution in [2.45, 2.75) is 6.92 Å². The molecule has 0 aliphatic rings. The van der Waals surface area contributed by atoms with Crippen LogP contribution in [0.15, 0.2) is 42.5 Å². The van der Waals surface area contributed by atoms with Gasteiger partial charge in [0, 0.05) is 21.0 Å². The molecule has 4 rings (SSSR count). The monoisotopic (exact) mass is 328 g/mol. The van der Waals surface area contributed by atoms with Crippen LogP contribution < -0.4 is 0 Å². The van der Waals surface area contributed by atoms with Gasteiger partial charge < -0.3 is 0 Å². The molecule has 0 bridgehead atoms. The van der Waals surface area contributed by atoms with Crippen LogP contribution in [-0.2, 0) is 0 Å². The molecule has 2 heterocycles. The molecule has 4 aromatic rings. The third-order valence-electron chi connectivity index (χ3n) is 3.55. The maximum Gasteiger partial charge on any atom is 0.179 e. The Kier molecular flexibility index (Phi) is 3.03. The van der Waals surface area contributed by atoms with E-state index in [0.29, 0.717) is 10.0 Å². The first kappa shape index (κ1) is 13.5. The standard InChI is InChI=1S/C16H10Cl2N4/c1-9-16-19-15(10-6-11(17)8-12(18)7-10)13-4-2-3-5-14(13)22(16)21-20-9/h2-8H,1H3. The van der Waals surface area contributed by atoms with E-state index in [1.54, 1.807) is 10.6 Å². The normalized spacial score (nSPS) is 11.4. The lowest BCUT2D eigenvalue weighted by Gasteiger charge is -2.09. The van der Waals surface area contributed by atoms with Gasteiger partial charge in [0.25, 0.3) is 0 Å². The second-order valence-corrected chi connectivity index (χ2v) is 5.92. The molecule has 0 amide bonds. The second kappa shape index (κ2) is 4.93. The third kappa shape index (κ3) is 2.03. The van der Waals surface area contributed by atoms with Crippen molar-refractivity contribution in [2.75, 3.05) is 0 Å². The smallest absolute Gasteiger partial charge is 0.179 e. The summed E-state index contributed by atoms with van der Waals surface area (Å²) < 4.78 is 1.75. The van der Waals surface area contributed by atoms with Gasteiger partial charge in [-0.25, -0.2) is 4.98 Å². The summed E-state index contributed by atoms with van der Waals surface area (Å²) in [6.07, 6.45) is 0. The first-order chi connectivity index (χ1) is 10.6. The van der Waals surface area contributed by atoms with Crippen molar-refractivity contribution in [3.05, 3.63) is 58.2 Å². The average molecular weight is 329 g/mol. The SMILES string of the molecule is Cc1nnn2c1nc(-c1cc(Cl)cc(Cl)c1)c1ccccc12. The lowest BCUT2D eigenvalue weighted by molar-refractivity contribution is 0.869. The molecule has 2 aromatic carbocycles. The highest BCUT2D eigenvalue weighted by molar-refractivity contribution is 6.35. The molecule has 108 valence electrons. The summed E-state index contributed by atoms with van der Waals surface area (Å²) in [5, 5.41) is 10.4. The molecule has 0 saturated heterocycles. The van der Waals surface area contributed by atoms with Gasteiger partial charge >= 0.3 is 0 Å². The predicted octanol–water partition coefficient (Wildman–Crippen LogP) is 4.56. The molecule has 0 saturated carbocycles. The van der Waals surface area contributed by atoms with E-state index in [2.05, 4.69) is 10.3 Å². The van der Waals surface area contributed by atoms with Gasteiger partial charge in [-0.05, 0) is 31.2 Å². The third-order valence-corrected chi connectivity index (χ3v) is 3.99. The van der Waals surface area contributed by atoms with E-state index in [1.165, 1.54) is 0 Å². The number of rotatable bonds is 1. The van der Waals surface area contributed by atoms with Crippen LogP contribution in [0.2, 0.25) is 10.0 Å². The minimum atomic E-state index is 0.580. The molecule has 4 nitrogen and oxygen atoms in total. The van der Waals surface area contributed by atoms with Crippen LogP contribution in [0.25, 0.3) is 27.8 Å². The van der Waals surface area contributed by atoms with Crippen molar-refractivity contribution < 1.29 is 0 Å². The zero-order valence-corrected chi connectivity index (χ0v) is 13.1. The fourth-order valence-corrected chi connectivity index (χ4v) is 3.10. The Bertz CT molecular complexity index is 1000. The maximum absolute atomic E-state index is 6.14. The first-order valence-electron chi connectivity index (χ1n) is 6.71. The highest BCUT2D eigenvalue weighted by Gasteiger charge is 2.14. The number of aryl methyl sites for hydroxylation is 1. The number of aromatic nitrogens is 4. The van der Waals surface area contributed by atoms with Gasteiger partial charge in [0.15, 0.2) is 5.65 Å². The molecule has 0 N–H and O–H groups in total. The highest BCUT2D eigenvalue weighted by Crippen LogP contribution is 2.31. The van der Waals surface area contributed by atoms with Crippen LogP contribution in [-0.4, -0.2) is 19.8 Å². The van der Waals surface area contributed by atoms with Crippen LogP contribution in [0.1, 0.15) is 5.69 Å². The van der Waals surface area contributed by atoms with Crippen molar-refractivity contribution in [1.82, 2.24) is 19.8 Å². The Hall–Kier alpha value is -2.17. The largest absolute Gasteiger partial charge is 0.226 e. The number of halogens is 2. The fourth-order valence-electron chi connectivity index (χ4n) is 2.58. The molecule has 0 aliphatic heterocycles. The molecule has 6 heteroatoms. The summed E-state index contributed by atoms with van der Waals surface area (Å²) in [4.78, 5) is 4.74. The summed E-state index contributed by atoms with van der Waals surface area (Å²) in [5.74, 6) is 0. The Morgan fingerprint density at radius 3 is 2.50 bits per heavy atom. The summed E-state index contributed by atoms with van der Waals surface area (Å²) in [7, 11) is 0. The van der Waals surface area contributed by atoms with E-state index in [-0.39, 0.29) is 0 Å². The molecule has 0 radical (unpaired) electrons. The molecular weight excluding hydrogens is 319 g/mol. The maximum atomic E-state index is 6.14. The van der Waals surface area contributed by atoms with Crippen LogP contribution in [0.5, 0.6) is 0 Å². The summed E-state index contributed by atoms with van der Waals surface area (Å²) in [6, 6.07) is 13.4. The van der Waals surface area contributed by atoms with Gasteiger partial charge in [0.05, 0.1) is 11.2 Å². The zero-order chi connectivity index (χ0) is 15.3. The van der Waals surface area contributed by atoms with Crippen LogP contribution in [0, 0.1) is 6.92 Å². The van der Waals surface area contributed by atoms with Crippen LogP contribution in [0.4, 0.5) is 0 Å². The van der Waals surface area contributed by atoms with Crippen LogP contribution in [0.3, 0.4) is 0 Å². The summed E-state index contributed by atoms with van der Waals surface area (Å²) >= 11 is 12.3. The number of fused-ring (bicyclic) bond motifs is 3. The molecule has 2 aromatic heterocycles. The van der Waals surface area contributed by atoms with Crippen molar-refractivity contribution in [3.8, 4) is 11.3 Å². The highest BCUT2D eigenvalue weighted by atomic mass is 35.5. The average Bonchev–Trinajstić information content (AvgIpc) is 2.87. The number of para-hydroxylation sites is 1. The van der Waals surface area contributed by atoms with Crippen molar-refractivity contribution >= 4 is 39.8 Å². The fraction of sp³-hybridized carbons (Fsp3) is 0.0625. The second-order valence-electron chi connectivity index (χ2n) is 5.05. The molecule has 0 atom stereocenters. The van der Waals surface area contributed by atoms with E-state index >= 15 is 0 Å². The van der Waals surface area contributed by atoms with Gasteiger partial charge in [-0.1, -0.05) is 46.6 Å². The van der Waals surface area contributed by atoms with E-state index < -0.39 is 0 Å². The summed E-state index contributed by atoms with van der Waals surface area (Å²) in [6.45, 7) is 1.89.